The minimum absolute atomic E-state index is 0. The number of carbonyl (C=O) groups is 3. The van der Waals surface area contributed by atoms with Crippen molar-refractivity contribution in [1.29, 1.82) is 0 Å². The summed E-state index contributed by atoms with van der Waals surface area (Å²) in [5.74, 6) is -1.32. The quantitative estimate of drug-likeness (QED) is 0.236. The Morgan fingerprint density at radius 3 is 2.67 bits per heavy atom. The standard InChI is InChI=1S/C10H12BrNO4S.Na.H/c1-10(2)8(9(15)16-7(14)4-11)12-5(13)3-6(12)17-10;;/h6,8H,3-4H2,1-2H3;;/t6-,8+;;/m1../s1. The molecule has 1 amide bonds. The Bertz CT molecular complexity index is 403. The van der Waals surface area contributed by atoms with Gasteiger partial charge in [0.1, 0.15) is 11.4 Å². The Balaban J connectivity index is 0.00000162. The summed E-state index contributed by atoms with van der Waals surface area (Å²) in [4.78, 5) is 36.0. The number of hydrogen-bond acceptors (Lipinski definition) is 5. The van der Waals surface area contributed by atoms with E-state index >= 15 is 0 Å². The molecule has 0 aromatic heterocycles. The molecule has 8 heteroatoms. The zero-order valence-corrected chi connectivity index (χ0v) is 11.8. The molecule has 2 fully saturated rings. The SMILES string of the molecule is CC1(C)S[C@@H]2CC(=O)N2[C@H]1C(=O)OC(=O)CBr.[NaH]. The first kappa shape index (κ1) is 16.5. The molecular formula is C10H13BrNNaO4S. The number of rotatable bonds is 2. The van der Waals surface area contributed by atoms with Gasteiger partial charge in [-0.1, -0.05) is 15.9 Å². The van der Waals surface area contributed by atoms with Crippen LogP contribution in [0, 0.1) is 0 Å². The van der Waals surface area contributed by atoms with Crippen LogP contribution in [0.5, 0.6) is 0 Å². The Hall–Kier alpha value is 0.440. The fraction of sp³-hybridized carbons (Fsp3) is 0.700. The molecule has 18 heavy (non-hydrogen) atoms. The average molecular weight is 346 g/mol. The van der Waals surface area contributed by atoms with Crippen molar-refractivity contribution in [3.8, 4) is 0 Å². The zero-order valence-electron chi connectivity index (χ0n) is 9.44. The van der Waals surface area contributed by atoms with E-state index in [0.29, 0.717) is 6.42 Å². The fourth-order valence-electron chi connectivity index (χ4n) is 2.15. The number of esters is 2. The molecule has 0 saturated carbocycles. The number of hydrogen-bond donors (Lipinski definition) is 0. The Morgan fingerprint density at radius 2 is 2.17 bits per heavy atom. The van der Waals surface area contributed by atoms with Gasteiger partial charge < -0.3 is 9.64 Å². The number of halogens is 1. The summed E-state index contributed by atoms with van der Waals surface area (Å²) in [6.07, 6.45) is 0.463. The first-order valence-electron chi connectivity index (χ1n) is 5.16. The number of fused-ring (bicyclic) bond motifs is 1. The Labute approximate surface area is 140 Å². The summed E-state index contributed by atoms with van der Waals surface area (Å²) >= 11 is 4.49. The van der Waals surface area contributed by atoms with Crippen LogP contribution in [0.15, 0.2) is 0 Å². The second kappa shape index (κ2) is 5.83. The van der Waals surface area contributed by atoms with Crippen LogP contribution in [0.4, 0.5) is 0 Å². The number of nitrogens with zero attached hydrogens (tertiary/aromatic N) is 1. The van der Waals surface area contributed by atoms with Crippen molar-refractivity contribution in [3.63, 3.8) is 0 Å². The molecule has 2 aliphatic rings. The maximum absolute atomic E-state index is 11.9. The van der Waals surface area contributed by atoms with Gasteiger partial charge in [-0.2, -0.15) is 0 Å². The van der Waals surface area contributed by atoms with Gasteiger partial charge in [0.2, 0.25) is 5.91 Å². The molecule has 96 valence electrons. The van der Waals surface area contributed by atoms with Gasteiger partial charge in [0.05, 0.1) is 11.8 Å². The second-order valence-corrected chi connectivity index (χ2v) is 6.90. The Kier molecular flexibility index (Phi) is 5.34. The van der Waals surface area contributed by atoms with E-state index in [0.717, 1.165) is 0 Å². The van der Waals surface area contributed by atoms with Crippen LogP contribution in [-0.4, -0.2) is 73.8 Å². The van der Waals surface area contributed by atoms with Crippen molar-refractivity contribution in [2.75, 3.05) is 5.33 Å². The molecule has 0 bridgehead atoms. The number of amides is 1. The van der Waals surface area contributed by atoms with Crippen LogP contribution in [0.25, 0.3) is 0 Å². The van der Waals surface area contributed by atoms with Crippen molar-refractivity contribution in [1.82, 2.24) is 4.90 Å². The summed E-state index contributed by atoms with van der Waals surface area (Å²) in [7, 11) is 0. The molecule has 0 aromatic rings. The van der Waals surface area contributed by atoms with Gasteiger partial charge in [-0.05, 0) is 13.8 Å². The number of β-lactam (4-membered cyclic amide) rings is 1. The van der Waals surface area contributed by atoms with Crippen LogP contribution in [0.2, 0.25) is 0 Å². The molecule has 0 unspecified atom stereocenters. The third kappa shape index (κ3) is 2.80. The summed E-state index contributed by atoms with van der Waals surface area (Å²) in [5.41, 5.74) is 0. The van der Waals surface area contributed by atoms with Gasteiger partial charge in [-0.25, -0.2) is 4.79 Å². The third-order valence-electron chi connectivity index (χ3n) is 2.87. The first-order chi connectivity index (χ1) is 7.86. The van der Waals surface area contributed by atoms with E-state index in [2.05, 4.69) is 20.7 Å². The van der Waals surface area contributed by atoms with E-state index in [4.69, 9.17) is 0 Å². The molecule has 0 spiro atoms. The van der Waals surface area contributed by atoms with E-state index < -0.39 is 22.7 Å². The van der Waals surface area contributed by atoms with Crippen LogP contribution >= 0.6 is 27.7 Å². The molecule has 2 saturated heterocycles. The van der Waals surface area contributed by atoms with Crippen molar-refractivity contribution in [3.05, 3.63) is 0 Å². The van der Waals surface area contributed by atoms with Crippen molar-refractivity contribution in [2.24, 2.45) is 0 Å². The second-order valence-electron chi connectivity index (χ2n) is 4.51. The average Bonchev–Trinajstić information content (AvgIpc) is 2.45. The molecule has 0 aliphatic carbocycles. The van der Waals surface area contributed by atoms with E-state index in [1.165, 1.54) is 4.90 Å². The summed E-state index contributed by atoms with van der Waals surface area (Å²) in [6, 6.07) is -0.665. The summed E-state index contributed by atoms with van der Waals surface area (Å²) in [5, 5.41) is 0.0188. The monoisotopic (exact) mass is 345 g/mol. The van der Waals surface area contributed by atoms with Gasteiger partial charge in [-0.15, -0.1) is 11.8 Å². The van der Waals surface area contributed by atoms with E-state index in [1.807, 2.05) is 13.8 Å². The number of ether oxygens (including phenoxy) is 1. The maximum atomic E-state index is 11.9. The summed E-state index contributed by atoms with van der Waals surface area (Å²) < 4.78 is 4.27. The molecular weight excluding hydrogens is 333 g/mol. The molecule has 2 rings (SSSR count). The van der Waals surface area contributed by atoms with Crippen LogP contribution in [0.1, 0.15) is 20.3 Å². The number of alkyl halides is 1. The van der Waals surface area contributed by atoms with Gasteiger partial charge in [0.25, 0.3) is 0 Å². The molecule has 2 aliphatic heterocycles. The van der Waals surface area contributed by atoms with Gasteiger partial charge in [0, 0.05) is 4.75 Å². The number of carbonyl (C=O) groups excluding carboxylic acids is 3. The predicted molar refractivity (Wildman–Crippen MR) is 72.8 cm³/mol. The predicted octanol–water partition coefficient (Wildman–Crippen LogP) is 0.255. The van der Waals surface area contributed by atoms with E-state index in [9.17, 15) is 14.4 Å². The van der Waals surface area contributed by atoms with E-state index in [1.54, 1.807) is 11.8 Å². The van der Waals surface area contributed by atoms with Crippen LogP contribution < -0.4 is 0 Å². The first-order valence-corrected chi connectivity index (χ1v) is 7.16. The van der Waals surface area contributed by atoms with Gasteiger partial charge in [0.15, 0.2) is 0 Å². The van der Waals surface area contributed by atoms with Crippen molar-refractivity contribution >= 4 is 75.1 Å². The molecule has 0 aromatic carbocycles. The fourth-order valence-corrected chi connectivity index (χ4v) is 3.89. The summed E-state index contributed by atoms with van der Waals surface area (Å²) in [6.45, 7) is 3.77. The third-order valence-corrected chi connectivity index (χ3v) is 4.83. The van der Waals surface area contributed by atoms with Crippen LogP contribution in [-0.2, 0) is 19.1 Å². The molecule has 2 atom stereocenters. The van der Waals surface area contributed by atoms with Gasteiger partial charge in [-0.3, -0.25) is 9.59 Å². The topological polar surface area (TPSA) is 63.7 Å². The Morgan fingerprint density at radius 1 is 1.56 bits per heavy atom. The van der Waals surface area contributed by atoms with Crippen LogP contribution in [0.3, 0.4) is 0 Å². The van der Waals surface area contributed by atoms with Gasteiger partial charge >= 0.3 is 41.5 Å². The normalized spacial score (nSPS) is 27.9. The zero-order chi connectivity index (χ0) is 12.8. The van der Waals surface area contributed by atoms with Crippen molar-refractivity contribution in [2.45, 2.75) is 36.4 Å². The molecule has 0 radical (unpaired) electrons. The molecule has 5 nitrogen and oxygen atoms in total. The molecule has 0 N–H and O–H groups in total. The minimum atomic E-state index is -0.665. The van der Waals surface area contributed by atoms with Crippen molar-refractivity contribution < 1.29 is 19.1 Å². The molecule has 2 heterocycles. The van der Waals surface area contributed by atoms with E-state index in [-0.39, 0.29) is 46.2 Å². The number of thioether (sulfide) groups is 1.